The molecule has 3 aromatic rings. The summed E-state index contributed by atoms with van der Waals surface area (Å²) in [6.45, 7) is 0. The molecule has 0 saturated heterocycles. The van der Waals surface area contributed by atoms with Gasteiger partial charge in [0.1, 0.15) is 5.82 Å². The van der Waals surface area contributed by atoms with Gasteiger partial charge in [0.15, 0.2) is 5.82 Å². The molecule has 2 heterocycles. The molecule has 22 heavy (non-hydrogen) atoms. The molecule has 1 aliphatic rings. The minimum atomic E-state index is -0.474. The maximum absolute atomic E-state index is 12.4. The maximum Gasteiger partial charge on any atom is 0.355 e. The van der Waals surface area contributed by atoms with E-state index in [-0.39, 0.29) is 5.82 Å². The molecule has 6 heteroatoms. The van der Waals surface area contributed by atoms with Gasteiger partial charge in [0.2, 0.25) is 0 Å². The molecule has 0 aliphatic heterocycles. The summed E-state index contributed by atoms with van der Waals surface area (Å²) in [5, 5.41) is 1.13. The van der Waals surface area contributed by atoms with Gasteiger partial charge < -0.3 is 5.73 Å². The van der Waals surface area contributed by atoms with Crippen molar-refractivity contribution in [3.8, 4) is 5.82 Å². The molecule has 1 fully saturated rings. The molecule has 2 aromatic heterocycles. The van der Waals surface area contributed by atoms with Crippen LogP contribution in [0.3, 0.4) is 0 Å². The Morgan fingerprint density at radius 2 is 2.09 bits per heavy atom. The highest BCUT2D eigenvalue weighted by Crippen LogP contribution is 2.41. The molecule has 0 bridgehead atoms. The minimum Gasteiger partial charge on any atom is -0.383 e. The van der Waals surface area contributed by atoms with Gasteiger partial charge in [-0.1, -0.05) is 17.7 Å². The van der Waals surface area contributed by atoms with E-state index in [4.69, 9.17) is 17.3 Å². The van der Waals surface area contributed by atoms with Gasteiger partial charge in [0, 0.05) is 11.6 Å². The third-order valence-corrected chi connectivity index (χ3v) is 4.24. The molecule has 0 amide bonds. The van der Waals surface area contributed by atoms with Crippen LogP contribution in [-0.2, 0) is 0 Å². The molecule has 4 rings (SSSR count). The number of hydrogen-bond donors (Lipinski definition) is 1. The van der Waals surface area contributed by atoms with E-state index in [1.807, 2.05) is 18.2 Å². The Morgan fingerprint density at radius 3 is 2.82 bits per heavy atom. The van der Waals surface area contributed by atoms with E-state index in [1.165, 1.54) is 23.0 Å². The fraction of sp³-hybridized carbons (Fsp3) is 0.188. The van der Waals surface area contributed by atoms with E-state index in [0.717, 1.165) is 5.39 Å². The summed E-state index contributed by atoms with van der Waals surface area (Å²) in [6.07, 6.45) is 3.96. The van der Waals surface area contributed by atoms with Crippen LogP contribution in [0.5, 0.6) is 0 Å². The van der Waals surface area contributed by atoms with E-state index < -0.39 is 5.69 Å². The molecular formula is C16H13ClN4O. The Kier molecular flexibility index (Phi) is 2.90. The van der Waals surface area contributed by atoms with Gasteiger partial charge in [-0.3, -0.25) is 0 Å². The summed E-state index contributed by atoms with van der Waals surface area (Å²) in [4.78, 5) is 20.5. The van der Waals surface area contributed by atoms with Gasteiger partial charge in [-0.05, 0) is 48.6 Å². The average molecular weight is 313 g/mol. The zero-order chi connectivity index (χ0) is 15.3. The van der Waals surface area contributed by atoms with E-state index in [2.05, 4.69) is 9.97 Å². The van der Waals surface area contributed by atoms with E-state index in [0.29, 0.717) is 22.3 Å². The normalized spacial score (nSPS) is 14.4. The lowest BCUT2D eigenvalue weighted by molar-refractivity contribution is 0.924. The highest BCUT2D eigenvalue weighted by atomic mass is 35.5. The number of nitrogens with zero attached hydrogens (tertiary/aromatic N) is 3. The lowest BCUT2D eigenvalue weighted by Gasteiger charge is -2.12. The summed E-state index contributed by atoms with van der Waals surface area (Å²) in [7, 11) is 0. The molecule has 1 saturated carbocycles. The van der Waals surface area contributed by atoms with Crippen LogP contribution in [0.4, 0.5) is 5.82 Å². The summed E-state index contributed by atoms with van der Waals surface area (Å²) in [5.74, 6) is 1.17. The highest BCUT2D eigenvalue weighted by Gasteiger charge is 2.24. The van der Waals surface area contributed by atoms with Gasteiger partial charge >= 0.3 is 5.69 Å². The Bertz CT molecular complexity index is 947. The van der Waals surface area contributed by atoms with Crippen molar-refractivity contribution in [3.63, 3.8) is 0 Å². The average Bonchev–Trinajstić information content (AvgIpc) is 3.33. The van der Waals surface area contributed by atoms with Gasteiger partial charge in [0.05, 0.1) is 10.5 Å². The Hall–Kier alpha value is -2.40. The molecular weight excluding hydrogens is 300 g/mol. The number of benzene rings is 1. The second-order valence-electron chi connectivity index (χ2n) is 5.47. The zero-order valence-electron chi connectivity index (χ0n) is 11.7. The van der Waals surface area contributed by atoms with Crippen molar-refractivity contribution in [3.05, 3.63) is 57.6 Å². The van der Waals surface area contributed by atoms with Gasteiger partial charge in [0.25, 0.3) is 0 Å². The number of aromatic nitrogens is 3. The topological polar surface area (TPSA) is 73.8 Å². The predicted molar refractivity (Wildman–Crippen MR) is 86.5 cm³/mol. The van der Waals surface area contributed by atoms with E-state index in [1.54, 1.807) is 18.3 Å². The van der Waals surface area contributed by atoms with Crippen LogP contribution >= 0.6 is 11.6 Å². The van der Waals surface area contributed by atoms with Crippen LogP contribution in [0, 0.1) is 0 Å². The Labute approximate surface area is 131 Å². The fourth-order valence-corrected chi connectivity index (χ4v) is 2.89. The van der Waals surface area contributed by atoms with Crippen molar-refractivity contribution >= 4 is 28.3 Å². The van der Waals surface area contributed by atoms with Crippen molar-refractivity contribution in [2.24, 2.45) is 0 Å². The van der Waals surface area contributed by atoms with Crippen LogP contribution in [0.25, 0.3) is 16.7 Å². The van der Waals surface area contributed by atoms with Crippen molar-refractivity contribution in [1.29, 1.82) is 0 Å². The fourth-order valence-electron chi connectivity index (χ4n) is 2.68. The van der Waals surface area contributed by atoms with Crippen molar-refractivity contribution < 1.29 is 0 Å². The summed E-state index contributed by atoms with van der Waals surface area (Å²) >= 11 is 6.20. The van der Waals surface area contributed by atoms with Crippen LogP contribution in [0.2, 0.25) is 5.02 Å². The number of nitrogen functional groups attached to an aromatic ring is 1. The molecule has 2 N–H and O–H groups in total. The largest absolute Gasteiger partial charge is 0.383 e. The standard InChI is InChI=1S/C16H13ClN4O/c17-12-2-1-7-19-15(12)21-13-8-10(9-3-4-9)5-6-11(13)14(18)20-16(21)22/h1-2,5-9H,3-4H2,(H2,18,20,22). The predicted octanol–water partition coefficient (Wildman–Crippen LogP) is 2.89. The number of halogens is 1. The molecule has 0 atom stereocenters. The quantitative estimate of drug-likeness (QED) is 0.789. The van der Waals surface area contributed by atoms with Gasteiger partial charge in [-0.15, -0.1) is 0 Å². The van der Waals surface area contributed by atoms with E-state index >= 15 is 0 Å². The smallest absolute Gasteiger partial charge is 0.355 e. The van der Waals surface area contributed by atoms with Crippen LogP contribution in [0.15, 0.2) is 41.3 Å². The number of nitrogens with two attached hydrogens (primary N) is 1. The number of fused-ring (bicyclic) bond motifs is 1. The zero-order valence-corrected chi connectivity index (χ0v) is 12.4. The first-order valence-corrected chi connectivity index (χ1v) is 7.46. The number of hydrogen-bond acceptors (Lipinski definition) is 4. The molecule has 0 spiro atoms. The van der Waals surface area contributed by atoms with Crippen LogP contribution in [-0.4, -0.2) is 14.5 Å². The summed E-state index contributed by atoms with van der Waals surface area (Å²) in [6, 6.07) is 9.38. The Balaban J connectivity index is 2.10. The second kappa shape index (κ2) is 4.81. The monoisotopic (exact) mass is 312 g/mol. The van der Waals surface area contributed by atoms with Crippen molar-refractivity contribution in [1.82, 2.24) is 14.5 Å². The molecule has 110 valence electrons. The molecule has 1 aliphatic carbocycles. The first-order chi connectivity index (χ1) is 10.6. The number of pyridine rings is 1. The third kappa shape index (κ3) is 2.05. The minimum absolute atomic E-state index is 0.227. The van der Waals surface area contributed by atoms with Crippen LogP contribution < -0.4 is 11.4 Å². The molecule has 1 aromatic carbocycles. The SMILES string of the molecule is Nc1nc(=O)n(-c2ncccc2Cl)c2cc(C3CC3)ccc12. The third-order valence-electron chi connectivity index (χ3n) is 3.95. The highest BCUT2D eigenvalue weighted by molar-refractivity contribution is 6.32. The lowest BCUT2D eigenvalue weighted by atomic mass is 10.1. The van der Waals surface area contributed by atoms with Crippen LogP contribution in [0.1, 0.15) is 24.3 Å². The van der Waals surface area contributed by atoms with Gasteiger partial charge in [-0.25, -0.2) is 14.3 Å². The Morgan fingerprint density at radius 1 is 1.27 bits per heavy atom. The molecule has 0 radical (unpaired) electrons. The first kappa shape index (κ1) is 13.3. The second-order valence-corrected chi connectivity index (χ2v) is 5.88. The van der Waals surface area contributed by atoms with Gasteiger partial charge in [-0.2, -0.15) is 4.98 Å². The molecule has 5 nitrogen and oxygen atoms in total. The molecule has 0 unspecified atom stereocenters. The first-order valence-electron chi connectivity index (χ1n) is 7.08. The number of rotatable bonds is 2. The summed E-state index contributed by atoms with van der Waals surface area (Å²) < 4.78 is 1.43. The lowest BCUT2D eigenvalue weighted by Crippen LogP contribution is -2.24. The van der Waals surface area contributed by atoms with Crippen molar-refractivity contribution in [2.75, 3.05) is 5.73 Å². The maximum atomic E-state index is 12.4. The van der Waals surface area contributed by atoms with E-state index in [9.17, 15) is 4.79 Å². The summed E-state index contributed by atoms with van der Waals surface area (Å²) in [5.41, 5.74) is 7.34. The number of anilines is 1. The van der Waals surface area contributed by atoms with Crippen molar-refractivity contribution in [2.45, 2.75) is 18.8 Å².